The van der Waals surface area contributed by atoms with E-state index in [1.807, 2.05) is 25.1 Å². The highest BCUT2D eigenvalue weighted by Crippen LogP contribution is 2.19. The largest absolute Gasteiger partial charge is 0.329 e. The van der Waals surface area contributed by atoms with Crippen molar-refractivity contribution in [2.24, 2.45) is 0 Å². The molecule has 0 aliphatic heterocycles. The third-order valence-corrected chi connectivity index (χ3v) is 2.45. The monoisotopic (exact) mass is 350 g/mol. The molecule has 0 aliphatic rings. The summed E-state index contributed by atoms with van der Waals surface area (Å²) in [4.78, 5) is 4.42. The first-order chi connectivity index (χ1) is 7.63. The van der Waals surface area contributed by atoms with Crippen LogP contribution in [0.1, 0.15) is 19.7 Å². The summed E-state index contributed by atoms with van der Waals surface area (Å²) in [6.45, 7) is 7.19. The lowest BCUT2D eigenvalue weighted by Crippen LogP contribution is -1.95. The van der Waals surface area contributed by atoms with E-state index in [9.17, 15) is 0 Å². The van der Waals surface area contributed by atoms with Crippen LogP contribution in [0.5, 0.6) is 0 Å². The molecule has 0 radical (unpaired) electrons. The fourth-order valence-electron chi connectivity index (χ4n) is 1.62. The fraction of sp³-hybridized carbons (Fsp3) is 0.417. The fourth-order valence-corrected chi connectivity index (χ4v) is 1.79. The van der Waals surface area contributed by atoms with Gasteiger partial charge in [-0.2, -0.15) is 0 Å². The molecule has 2 aromatic rings. The number of fused-ring (bicyclic) bond motifs is 1. The number of hydrogen-bond donors (Lipinski definition) is 0. The predicted octanol–water partition coefficient (Wildman–Crippen LogP) is 4.46. The Hall–Kier alpha value is -0.290. The maximum atomic E-state index is 5.87. The molecule has 0 atom stereocenters. The quantitative estimate of drug-likeness (QED) is 0.548. The molecular formula is C12H16ClIN2. The molecule has 1 heterocycles. The van der Waals surface area contributed by atoms with Gasteiger partial charge in [0.2, 0.25) is 0 Å². The van der Waals surface area contributed by atoms with E-state index in [1.165, 1.54) is 4.43 Å². The summed E-state index contributed by atoms with van der Waals surface area (Å²) >= 11 is 8.16. The number of halogens is 2. The lowest BCUT2D eigenvalue weighted by atomic mass is 10.3. The zero-order valence-corrected chi connectivity index (χ0v) is 12.7. The zero-order chi connectivity index (χ0) is 12.1. The van der Waals surface area contributed by atoms with E-state index >= 15 is 0 Å². The van der Waals surface area contributed by atoms with Crippen LogP contribution in [0, 0.1) is 6.92 Å². The summed E-state index contributed by atoms with van der Waals surface area (Å²) < 4.78 is 3.39. The Bertz CT molecular complexity index is 465. The standard InChI is InChI=1S/C10H11ClN2.C2H5I/c1-3-13-7(2)12-9-6-8(11)4-5-10(9)13;1-2-3/h4-6H,3H2,1-2H3;2H2,1H3. The highest BCUT2D eigenvalue weighted by molar-refractivity contribution is 14.1. The minimum absolute atomic E-state index is 0.744. The van der Waals surface area contributed by atoms with Crippen molar-refractivity contribution in [1.82, 2.24) is 9.55 Å². The van der Waals surface area contributed by atoms with E-state index in [0.29, 0.717) is 0 Å². The Morgan fingerprint density at radius 3 is 2.56 bits per heavy atom. The van der Waals surface area contributed by atoms with Gasteiger partial charge in [-0.1, -0.05) is 41.1 Å². The van der Waals surface area contributed by atoms with Crippen LogP contribution in [0.25, 0.3) is 11.0 Å². The smallest absolute Gasteiger partial charge is 0.106 e. The van der Waals surface area contributed by atoms with Gasteiger partial charge in [0.05, 0.1) is 11.0 Å². The van der Waals surface area contributed by atoms with Crippen molar-refractivity contribution >= 4 is 45.2 Å². The minimum atomic E-state index is 0.744. The Balaban J connectivity index is 0.000000386. The van der Waals surface area contributed by atoms with Gasteiger partial charge in [-0.3, -0.25) is 0 Å². The summed E-state index contributed by atoms with van der Waals surface area (Å²) in [5, 5.41) is 0.744. The van der Waals surface area contributed by atoms with Crippen LogP contribution >= 0.6 is 34.2 Å². The first-order valence-electron chi connectivity index (χ1n) is 5.32. The molecule has 0 bridgehead atoms. The Morgan fingerprint density at radius 2 is 2.00 bits per heavy atom. The molecule has 0 saturated heterocycles. The second-order valence-corrected chi connectivity index (χ2v) is 5.27. The Kier molecular flexibility index (Phi) is 5.55. The van der Waals surface area contributed by atoms with Crippen molar-refractivity contribution in [2.45, 2.75) is 27.3 Å². The molecule has 0 aliphatic carbocycles. The number of aromatic nitrogens is 2. The van der Waals surface area contributed by atoms with Gasteiger partial charge in [0.25, 0.3) is 0 Å². The number of nitrogens with zero attached hydrogens (tertiary/aromatic N) is 2. The number of imidazole rings is 1. The summed E-state index contributed by atoms with van der Waals surface area (Å²) in [6, 6.07) is 5.81. The van der Waals surface area contributed by atoms with Crippen LogP contribution in [-0.4, -0.2) is 14.0 Å². The molecule has 2 nitrogen and oxygen atoms in total. The zero-order valence-electron chi connectivity index (χ0n) is 9.80. The molecule has 1 aromatic carbocycles. The van der Waals surface area contributed by atoms with Gasteiger partial charge >= 0.3 is 0 Å². The Labute approximate surface area is 115 Å². The molecule has 16 heavy (non-hydrogen) atoms. The lowest BCUT2D eigenvalue weighted by molar-refractivity contribution is 0.753. The summed E-state index contributed by atoms with van der Waals surface area (Å²) in [5.41, 5.74) is 2.14. The molecule has 0 amide bonds. The molecule has 0 saturated carbocycles. The first-order valence-corrected chi connectivity index (χ1v) is 7.22. The SMILES string of the molecule is CCI.CCn1c(C)nc2cc(Cl)ccc21. The van der Waals surface area contributed by atoms with Crippen LogP contribution < -0.4 is 0 Å². The minimum Gasteiger partial charge on any atom is -0.329 e. The van der Waals surface area contributed by atoms with Crippen LogP contribution in [0.4, 0.5) is 0 Å². The molecule has 0 fully saturated rings. The van der Waals surface area contributed by atoms with Crippen LogP contribution in [-0.2, 0) is 6.54 Å². The second-order valence-electron chi connectivity index (χ2n) is 3.30. The van der Waals surface area contributed by atoms with Crippen molar-refractivity contribution in [2.75, 3.05) is 4.43 Å². The van der Waals surface area contributed by atoms with Gasteiger partial charge in [-0.15, -0.1) is 0 Å². The molecule has 0 N–H and O–H groups in total. The third-order valence-electron chi connectivity index (χ3n) is 2.22. The van der Waals surface area contributed by atoms with Crippen LogP contribution in [0.15, 0.2) is 18.2 Å². The summed E-state index contributed by atoms with van der Waals surface area (Å²) in [7, 11) is 0. The number of alkyl halides is 1. The lowest BCUT2D eigenvalue weighted by Gasteiger charge is -2.00. The molecule has 2 rings (SSSR count). The van der Waals surface area contributed by atoms with Gasteiger partial charge < -0.3 is 4.57 Å². The molecule has 4 heteroatoms. The van der Waals surface area contributed by atoms with Crippen molar-refractivity contribution < 1.29 is 0 Å². The normalized spacial score (nSPS) is 10.1. The van der Waals surface area contributed by atoms with E-state index < -0.39 is 0 Å². The van der Waals surface area contributed by atoms with E-state index in [2.05, 4.69) is 46.0 Å². The summed E-state index contributed by atoms with van der Waals surface area (Å²) in [6.07, 6.45) is 0. The molecule has 1 aromatic heterocycles. The Morgan fingerprint density at radius 1 is 1.38 bits per heavy atom. The van der Waals surface area contributed by atoms with Gasteiger partial charge in [0.1, 0.15) is 5.82 Å². The number of benzene rings is 1. The van der Waals surface area contributed by atoms with Crippen molar-refractivity contribution in [3.05, 3.63) is 29.0 Å². The first kappa shape index (κ1) is 13.8. The molecule has 0 unspecified atom stereocenters. The van der Waals surface area contributed by atoms with Crippen LogP contribution in [0.3, 0.4) is 0 Å². The van der Waals surface area contributed by atoms with Gasteiger partial charge in [0, 0.05) is 11.6 Å². The molecular weight excluding hydrogens is 335 g/mol. The maximum absolute atomic E-state index is 5.87. The van der Waals surface area contributed by atoms with E-state index in [1.54, 1.807) is 0 Å². The molecule has 0 spiro atoms. The van der Waals surface area contributed by atoms with E-state index in [0.717, 1.165) is 28.4 Å². The average molecular weight is 351 g/mol. The topological polar surface area (TPSA) is 17.8 Å². The maximum Gasteiger partial charge on any atom is 0.106 e. The predicted molar refractivity (Wildman–Crippen MR) is 79.7 cm³/mol. The highest BCUT2D eigenvalue weighted by Gasteiger charge is 2.04. The molecule has 88 valence electrons. The van der Waals surface area contributed by atoms with Crippen molar-refractivity contribution in [3.63, 3.8) is 0 Å². The number of aryl methyl sites for hydroxylation is 2. The third kappa shape index (κ3) is 3.10. The van der Waals surface area contributed by atoms with Gasteiger partial charge in [-0.05, 0) is 36.5 Å². The van der Waals surface area contributed by atoms with Crippen LogP contribution in [0.2, 0.25) is 5.02 Å². The van der Waals surface area contributed by atoms with E-state index in [4.69, 9.17) is 11.6 Å². The number of hydrogen-bond acceptors (Lipinski definition) is 1. The van der Waals surface area contributed by atoms with Gasteiger partial charge in [-0.25, -0.2) is 4.98 Å². The average Bonchev–Trinajstić information content (AvgIpc) is 2.53. The van der Waals surface area contributed by atoms with Crippen molar-refractivity contribution in [1.29, 1.82) is 0 Å². The van der Waals surface area contributed by atoms with E-state index in [-0.39, 0.29) is 0 Å². The van der Waals surface area contributed by atoms with Crippen molar-refractivity contribution in [3.8, 4) is 0 Å². The van der Waals surface area contributed by atoms with Gasteiger partial charge in [0.15, 0.2) is 0 Å². The second kappa shape index (κ2) is 6.45. The summed E-state index contributed by atoms with van der Waals surface area (Å²) in [5.74, 6) is 1.04. The number of rotatable bonds is 1. The highest BCUT2D eigenvalue weighted by atomic mass is 127.